The largest absolute Gasteiger partial charge is 0.378 e. The van der Waals surface area contributed by atoms with E-state index in [-0.39, 0.29) is 48.0 Å². The normalized spacial score (nSPS) is 18.0. The zero-order valence-electron chi connectivity index (χ0n) is 12.5. The molecule has 23 heavy (non-hydrogen) atoms. The highest BCUT2D eigenvalue weighted by Gasteiger charge is 2.18. The van der Waals surface area contributed by atoms with Crippen LogP contribution < -0.4 is 10.6 Å². The first-order chi connectivity index (χ1) is 10.5. The van der Waals surface area contributed by atoms with Crippen molar-refractivity contribution in [2.75, 3.05) is 32.1 Å². The fraction of sp³-hybridized carbons (Fsp3) is 0.500. The summed E-state index contributed by atoms with van der Waals surface area (Å²) in [7, 11) is -3.53. The standard InChI is InChI=1S/C14H19FN2O4S.ClH/c15-11-1-3-13(4-2-11)22(19,20)8-6-17-14(18)9-12-10-21-7-5-16-12;/h1-4,12,16H,5-10H2,(H,17,18);1H. The maximum absolute atomic E-state index is 12.8. The van der Waals surface area contributed by atoms with Crippen LogP contribution in [0.15, 0.2) is 29.2 Å². The van der Waals surface area contributed by atoms with Gasteiger partial charge in [0.2, 0.25) is 5.91 Å². The summed E-state index contributed by atoms with van der Waals surface area (Å²) in [5.74, 6) is -0.939. The first-order valence-electron chi connectivity index (χ1n) is 7.03. The highest BCUT2D eigenvalue weighted by Crippen LogP contribution is 2.11. The van der Waals surface area contributed by atoms with Gasteiger partial charge in [0.25, 0.3) is 0 Å². The van der Waals surface area contributed by atoms with E-state index in [1.165, 1.54) is 12.1 Å². The minimum Gasteiger partial charge on any atom is -0.378 e. The Labute approximate surface area is 141 Å². The van der Waals surface area contributed by atoms with Crippen LogP contribution in [0.2, 0.25) is 0 Å². The minimum absolute atomic E-state index is 0. The summed E-state index contributed by atoms with van der Waals surface area (Å²) in [6.45, 7) is 1.83. The van der Waals surface area contributed by atoms with Gasteiger partial charge in [-0.05, 0) is 24.3 Å². The number of carbonyl (C=O) groups excluding carboxylic acids is 1. The molecule has 0 bridgehead atoms. The SMILES string of the molecule is Cl.O=C(CC1COCCN1)NCCS(=O)(=O)c1ccc(F)cc1. The van der Waals surface area contributed by atoms with Gasteiger partial charge in [-0.25, -0.2) is 12.8 Å². The summed E-state index contributed by atoms with van der Waals surface area (Å²) < 4.78 is 42.0. The molecular weight excluding hydrogens is 347 g/mol. The van der Waals surface area contributed by atoms with E-state index in [2.05, 4.69) is 10.6 Å². The van der Waals surface area contributed by atoms with Crippen molar-refractivity contribution in [2.24, 2.45) is 0 Å². The van der Waals surface area contributed by atoms with Gasteiger partial charge in [0, 0.05) is 25.6 Å². The van der Waals surface area contributed by atoms with E-state index in [0.29, 0.717) is 19.8 Å². The Morgan fingerprint density at radius 1 is 1.35 bits per heavy atom. The van der Waals surface area contributed by atoms with Crippen molar-refractivity contribution in [3.05, 3.63) is 30.1 Å². The maximum Gasteiger partial charge on any atom is 0.221 e. The molecule has 6 nitrogen and oxygen atoms in total. The van der Waals surface area contributed by atoms with Crippen molar-refractivity contribution in [2.45, 2.75) is 17.4 Å². The first-order valence-corrected chi connectivity index (χ1v) is 8.69. The Bertz CT molecular complexity index is 604. The molecule has 2 rings (SSSR count). The number of hydrogen-bond donors (Lipinski definition) is 2. The number of hydrogen-bond acceptors (Lipinski definition) is 5. The molecule has 1 aliphatic rings. The number of amides is 1. The molecule has 1 fully saturated rings. The summed E-state index contributed by atoms with van der Waals surface area (Å²) in [5.41, 5.74) is 0. The Hall–Kier alpha value is -1.22. The van der Waals surface area contributed by atoms with Gasteiger partial charge in [0.05, 0.1) is 23.9 Å². The molecule has 2 N–H and O–H groups in total. The van der Waals surface area contributed by atoms with Gasteiger partial charge >= 0.3 is 0 Å². The zero-order valence-corrected chi connectivity index (χ0v) is 14.1. The predicted octanol–water partition coefficient (Wildman–Crippen LogP) is 0.516. The molecule has 0 aromatic heterocycles. The predicted molar refractivity (Wildman–Crippen MR) is 85.9 cm³/mol. The van der Waals surface area contributed by atoms with Crippen LogP contribution in [0.3, 0.4) is 0 Å². The van der Waals surface area contributed by atoms with Gasteiger partial charge in [-0.3, -0.25) is 4.79 Å². The van der Waals surface area contributed by atoms with Crippen molar-refractivity contribution >= 4 is 28.2 Å². The first kappa shape index (κ1) is 19.8. The zero-order chi connectivity index (χ0) is 16.0. The Morgan fingerprint density at radius 2 is 2.04 bits per heavy atom. The summed E-state index contributed by atoms with van der Waals surface area (Å²) in [4.78, 5) is 11.8. The Balaban J connectivity index is 0.00000264. The van der Waals surface area contributed by atoms with E-state index in [4.69, 9.17) is 4.74 Å². The third-order valence-electron chi connectivity index (χ3n) is 3.30. The van der Waals surface area contributed by atoms with E-state index >= 15 is 0 Å². The fourth-order valence-electron chi connectivity index (χ4n) is 2.13. The summed E-state index contributed by atoms with van der Waals surface area (Å²) in [6.07, 6.45) is 0.247. The molecule has 1 heterocycles. The van der Waals surface area contributed by atoms with Crippen molar-refractivity contribution in [1.82, 2.24) is 10.6 Å². The van der Waals surface area contributed by atoms with Crippen molar-refractivity contribution in [3.63, 3.8) is 0 Å². The average Bonchev–Trinajstić information content (AvgIpc) is 2.48. The second-order valence-corrected chi connectivity index (χ2v) is 7.16. The lowest BCUT2D eigenvalue weighted by Gasteiger charge is -2.23. The summed E-state index contributed by atoms with van der Waals surface area (Å²) in [6, 6.07) is 4.59. The van der Waals surface area contributed by atoms with Crippen molar-refractivity contribution in [3.8, 4) is 0 Å². The van der Waals surface area contributed by atoms with Gasteiger partial charge in [0.1, 0.15) is 5.82 Å². The van der Waals surface area contributed by atoms with E-state index in [0.717, 1.165) is 12.1 Å². The molecular formula is C14H20ClFN2O4S. The number of morpholine rings is 1. The molecule has 1 aromatic carbocycles. The van der Waals surface area contributed by atoms with Gasteiger partial charge in [-0.1, -0.05) is 0 Å². The monoisotopic (exact) mass is 366 g/mol. The second kappa shape index (κ2) is 9.17. The number of nitrogens with one attached hydrogen (secondary N) is 2. The lowest BCUT2D eigenvalue weighted by atomic mass is 10.2. The molecule has 1 aliphatic heterocycles. The lowest BCUT2D eigenvalue weighted by molar-refractivity contribution is -0.122. The third kappa shape index (κ3) is 6.42. The van der Waals surface area contributed by atoms with Crippen LogP contribution in [0, 0.1) is 5.82 Å². The lowest BCUT2D eigenvalue weighted by Crippen LogP contribution is -2.44. The second-order valence-electron chi connectivity index (χ2n) is 5.05. The topological polar surface area (TPSA) is 84.5 Å². The molecule has 1 amide bonds. The number of halogens is 2. The third-order valence-corrected chi connectivity index (χ3v) is 5.03. The van der Waals surface area contributed by atoms with Crippen LogP contribution in [0.1, 0.15) is 6.42 Å². The van der Waals surface area contributed by atoms with E-state index in [1.807, 2.05) is 0 Å². The molecule has 1 atom stereocenters. The van der Waals surface area contributed by atoms with Crippen LogP contribution in [0.25, 0.3) is 0 Å². The molecule has 0 radical (unpaired) electrons. The molecule has 0 aliphatic carbocycles. The Morgan fingerprint density at radius 3 is 2.65 bits per heavy atom. The molecule has 0 saturated carbocycles. The molecule has 130 valence electrons. The number of carbonyl (C=O) groups is 1. The van der Waals surface area contributed by atoms with Gasteiger partial charge in [-0.2, -0.15) is 0 Å². The maximum atomic E-state index is 12.8. The van der Waals surface area contributed by atoms with Crippen LogP contribution in [0.4, 0.5) is 4.39 Å². The van der Waals surface area contributed by atoms with Crippen molar-refractivity contribution in [1.29, 1.82) is 0 Å². The van der Waals surface area contributed by atoms with Crippen LogP contribution in [-0.2, 0) is 19.4 Å². The molecule has 1 saturated heterocycles. The van der Waals surface area contributed by atoms with Crippen LogP contribution >= 0.6 is 12.4 Å². The molecule has 1 aromatic rings. The smallest absolute Gasteiger partial charge is 0.221 e. The van der Waals surface area contributed by atoms with E-state index in [1.54, 1.807) is 0 Å². The highest BCUT2D eigenvalue weighted by atomic mass is 35.5. The average molecular weight is 367 g/mol. The molecule has 1 unspecified atom stereocenters. The van der Waals surface area contributed by atoms with Crippen LogP contribution in [0.5, 0.6) is 0 Å². The van der Waals surface area contributed by atoms with Gasteiger partial charge in [-0.15, -0.1) is 12.4 Å². The fourth-order valence-corrected chi connectivity index (χ4v) is 3.29. The van der Waals surface area contributed by atoms with Crippen LogP contribution in [-0.4, -0.2) is 52.4 Å². The number of benzene rings is 1. The van der Waals surface area contributed by atoms with Gasteiger partial charge < -0.3 is 15.4 Å². The quantitative estimate of drug-likeness (QED) is 0.717. The molecule has 0 spiro atoms. The number of sulfone groups is 1. The van der Waals surface area contributed by atoms with Gasteiger partial charge in [0.15, 0.2) is 9.84 Å². The number of ether oxygens (including phenoxy) is 1. The van der Waals surface area contributed by atoms with Crippen molar-refractivity contribution < 1.29 is 22.3 Å². The minimum atomic E-state index is -3.53. The highest BCUT2D eigenvalue weighted by molar-refractivity contribution is 7.91. The van der Waals surface area contributed by atoms with E-state index in [9.17, 15) is 17.6 Å². The Kier molecular flexibility index (Phi) is 7.90. The number of rotatable bonds is 6. The summed E-state index contributed by atoms with van der Waals surface area (Å²) >= 11 is 0. The molecule has 9 heteroatoms. The van der Waals surface area contributed by atoms with E-state index < -0.39 is 15.7 Å². The summed E-state index contributed by atoms with van der Waals surface area (Å²) in [5, 5.41) is 5.73.